The zero-order valence-corrected chi connectivity index (χ0v) is 13.9. The minimum atomic E-state index is -0.470. The van der Waals surface area contributed by atoms with Crippen LogP contribution in [0.1, 0.15) is 39.0 Å². The van der Waals surface area contributed by atoms with Gasteiger partial charge in [0.2, 0.25) is 0 Å². The van der Waals surface area contributed by atoms with Crippen molar-refractivity contribution in [3.05, 3.63) is 0 Å². The van der Waals surface area contributed by atoms with Crippen LogP contribution in [-0.4, -0.2) is 74.2 Å². The molecule has 2 fully saturated rings. The van der Waals surface area contributed by atoms with Crippen LogP contribution in [0.5, 0.6) is 0 Å². The molecule has 21 heavy (non-hydrogen) atoms. The molecular formula is C16H31N3O2. The van der Waals surface area contributed by atoms with Crippen LogP contribution in [0, 0.1) is 0 Å². The monoisotopic (exact) mass is 297 g/mol. The van der Waals surface area contributed by atoms with Gasteiger partial charge in [0, 0.05) is 19.1 Å². The number of carbonyl (C=O) groups excluding carboxylic acids is 1. The average molecular weight is 297 g/mol. The standard InChI is InChI=1S/C16H31N3O2/c1-4-21-15(20)16(17-2)8-7-14(13-16)18(3)11-12-19-9-5-6-10-19/h14,17H,4-13H2,1-3H3. The Kier molecular flexibility index (Phi) is 6.02. The number of likely N-dealkylation sites (tertiary alicyclic amines) is 1. The van der Waals surface area contributed by atoms with Gasteiger partial charge in [0.25, 0.3) is 0 Å². The van der Waals surface area contributed by atoms with Crippen molar-refractivity contribution in [2.24, 2.45) is 0 Å². The molecule has 2 atom stereocenters. The molecule has 1 saturated heterocycles. The van der Waals surface area contributed by atoms with E-state index in [2.05, 4.69) is 22.2 Å². The summed E-state index contributed by atoms with van der Waals surface area (Å²) in [6, 6.07) is 0.476. The maximum atomic E-state index is 12.2. The van der Waals surface area contributed by atoms with Crippen molar-refractivity contribution in [1.82, 2.24) is 15.1 Å². The highest BCUT2D eigenvalue weighted by atomic mass is 16.5. The molecule has 0 bridgehead atoms. The number of esters is 1. The summed E-state index contributed by atoms with van der Waals surface area (Å²) in [6.07, 6.45) is 5.49. The minimum absolute atomic E-state index is 0.0806. The molecule has 1 N–H and O–H groups in total. The van der Waals surface area contributed by atoms with Gasteiger partial charge in [0.1, 0.15) is 5.54 Å². The SMILES string of the molecule is CCOC(=O)C1(NC)CCC(N(C)CCN2CCCC2)C1. The van der Waals surface area contributed by atoms with Gasteiger partial charge in [-0.05, 0) is 66.2 Å². The zero-order chi connectivity index (χ0) is 15.3. The second-order valence-electron chi connectivity index (χ2n) is 6.48. The van der Waals surface area contributed by atoms with E-state index in [1.807, 2.05) is 14.0 Å². The maximum Gasteiger partial charge on any atom is 0.326 e. The van der Waals surface area contributed by atoms with Crippen LogP contribution in [0.2, 0.25) is 0 Å². The van der Waals surface area contributed by atoms with Gasteiger partial charge >= 0.3 is 5.97 Å². The Balaban J connectivity index is 1.83. The number of nitrogens with zero attached hydrogens (tertiary/aromatic N) is 2. The van der Waals surface area contributed by atoms with E-state index in [1.165, 1.54) is 25.9 Å². The Morgan fingerprint density at radius 1 is 1.43 bits per heavy atom. The van der Waals surface area contributed by atoms with Gasteiger partial charge < -0.3 is 19.9 Å². The molecule has 5 heteroatoms. The van der Waals surface area contributed by atoms with E-state index in [9.17, 15) is 4.79 Å². The second-order valence-corrected chi connectivity index (χ2v) is 6.48. The topological polar surface area (TPSA) is 44.8 Å². The Morgan fingerprint density at radius 2 is 2.14 bits per heavy atom. The first-order valence-corrected chi connectivity index (χ1v) is 8.40. The third kappa shape index (κ3) is 3.96. The first kappa shape index (κ1) is 16.7. The van der Waals surface area contributed by atoms with Crippen molar-refractivity contribution in [2.75, 3.05) is 46.9 Å². The number of likely N-dealkylation sites (N-methyl/N-ethyl adjacent to an activating group) is 2. The van der Waals surface area contributed by atoms with Crippen LogP contribution in [-0.2, 0) is 9.53 Å². The number of carbonyl (C=O) groups is 1. The third-order valence-electron chi connectivity index (χ3n) is 5.22. The molecule has 5 nitrogen and oxygen atoms in total. The molecule has 0 spiro atoms. The Labute approximate surface area is 129 Å². The summed E-state index contributed by atoms with van der Waals surface area (Å²) < 4.78 is 5.26. The van der Waals surface area contributed by atoms with Gasteiger partial charge in [-0.2, -0.15) is 0 Å². The molecule has 0 aromatic rings. The summed E-state index contributed by atoms with van der Waals surface area (Å²) in [6.45, 7) is 7.07. The Morgan fingerprint density at radius 3 is 2.76 bits per heavy atom. The molecule has 122 valence electrons. The average Bonchev–Trinajstić information content (AvgIpc) is 3.15. The van der Waals surface area contributed by atoms with Crippen LogP contribution in [0.3, 0.4) is 0 Å². The fraction of sp³-hybridized carbons (Fsp3) is 0.938. The van der Waals surface area contributed by atoms with Crippen LogP contribution in [0.25, 0.3) is 0 Å². The molecule has 0 amide bonds. The van der Waals surface area contributed by atoms with Gasteiger partial charge in [-0.15, -0.1) is 0 Å². The smallest absolute Gasteiger partial charge is 0.326 e. The van der Waals surface area contributed by atoms with Crippen molar-refractivity contribution in [3.8, 4) is 0 Å². The van der Waals surface area contributed by atoms with Crippen LogP contribution in [0.15, 0.2) is 0 Å². The first-order valence-electron chi connectivity index (χ1n) is 8.40. The van der Waals surface area contributed by atoms with Crippen molar-refractivity contribution in [3.63, 3.8) is 0 Å². The molecular weight excluding hydrogens is 266 g/mol. The number of rotatable bonds is 7. The van der Waals surface area contributed by atoms with E-state index < -0.39 is 5.54 Å². The lowest BCUT2D eigenvalue weighted by molar-refractivity contribution is -0.151. The van der Waals surface area contributed by atoms with E-state index in [1.54, 1.807) is 0 Å². The van der Waals surface area contributed by atoms with Crippen LogP contribution in [0.4, 0.5) is 0 Å². The maximum absolute atomic E-state index is 12.2. The second kappa shape index (κ2) is 7.56. The molecule has 1 aliphatic heterocycles. The van der Waals surface area contributed by atoms with Crippen LogP contribution >= 0.6 is 0 Å². The predicted molar refractivity (Wildman–Crippen MR) is 84.4 cm³/mol. The summed E-state index contributed by atoms with van der Waals surface area (Å²) in [5.41, 5.74) is -0.470. The molecule has 1 aliphatic carbocycles. The van der Waals surface area contributed by atoms with Gasteiger partial charge in [-0.25, -0.2) is 0 Å². The highest BCUT2D eigenvalue weighted by molar-refractivity contribution is 5.81. The van der Waals surface area contributed by atoms with Crippen LogP contribution < -0.4 is 5.32 Å². The number of ether oxygens (including phenoxy) is 1. The number of hydrogen-bond donors (Lipinski definition) is 1. The fourth-order valence-corrected chi connectivity index (χ4v) is 3.67. The van der Waals surface area contributed by atoms with Gasteiger partial charge in [-0.1, -0.05) is 0 Å². The third-order valence-corrected chi connectivity index (χ3v) is 5.22. The lowest BCUT2D eigenvalue weighted by Crippen LogP contribution is -2.50. The largest absolute Gasteiger partial charge is 0.465 e. The fourth-order valence-electron chi connectivity index (χ4n) is 3.67. The van der Waals surface area contributed by atoms with Crippen molar-refractivity contribution in [1.29, 1.82) is 0 Å². The lowest BCUT2D eigenvalue weighted by Gasteiger charge is -2.30. The summed E-state index contributed by atoms with van der Waals surface area (Å²) in [5.74, 6) is -0.0806. The molecule has 1 saturated carbocycles. The summed E-state index contributed by atoms with van der Waals surface area (Å²) in [4.78, 5) is 17.2. The normalized spacial score (nSPS) is 30.2. The predicted octanol–water partition coefficient (Wildman–Crippen LogP) is 1.09. The summed E-state index contributed by atoms with van der Waals surface area (Å²) in [5, 5.41) is 3.23. The zero-order valence-electron chi connectivity index (χ0n) is 13.9. The van der Waals surface area contributed by atoms with E-state index >= 15 is 0 Å². The number of hydrogen-bond acceptors (Lipinski definition) is 5. The molecule has 2 aliphatic rings. The molecule has 0 radical (unpaired) electrons. The summed E-state index contributed by atoms with van der Waals surface area (Å²) >= 11 is 0. The van der Waals surface area contributed by atoms with Gasteiger partial charge in [0.05, 0.1) is 6.61 Å². The van der Waals surface area contributed by atoms with Crippen molar-refractivity contribution >= 4 is 5.97 Å². The van der Waals surface area contributed by atoms with Crippen molar-refractivity contribution < 1.29 is 9.53 Å². The molecule has 0 aromatic heterocycles. The van der Waals surface area contributed by atoms with E-state index in [0.717, 1.165) is 32.4 Å². The summed E-state index contributed by atoms with van der Waals surface area (Å²) in [7, 11) is 4.07. The molecule has 0 aromatic carbocycles. The Hall–Kier alpha value is -0.650. The van der Waals surface area contributed by atoms with Gasteiger partial charge in [-0.3, -0.25) is 4.79 Å². The highest BCUT2D eigenvalue weighted by Crippen LogP contribution is 2.33. The quantitative estimate of drug-likeness (QED) is 0.713. The number of nitrogens with one attached hydrogen (secondary N) is 1. The Bertz CT molecular complexity index is 344. The molecule has 2 unspecified atom stereocenters. The highest BCUT2D eigenvalue weighted by Gasteiger charge is 2.46. The first-order chi connectivity index (χ1) is 10.1. The molecule has 2 rings (SSSR count). The van der Waals surface area contributed by atoms with E-state index in [0.29, 0.717) is 12.6 Å². The van der Waals surface area contributed by atoms with E-state index in [-0.39, 0.29) is 5.97 Å². The lowest BCUT2D eigenvalue weighted by atomic mass is 9.97. The minimum Gasteiger partial charge on any atom is -0.465 e. The van der Waals surface area contributed by atoms with Gasteiger partial charge in [0.15, 0.2) is 0 Å². The molecule has 1 heterocycles. The van der Waals surface area contributed by atoms with Crippen molar-refractivity contribution in [2.45, 2.75) is 50.6 Å². The van der Waals surface area contributed by atoms with E-state index in [4.69, 9.17) is 4.74 Å².